The zero-order valence-corrected chi connectivity index (χ0v) is 71.6. The molecule has 0 fully saturated rings. The Kier molecular flexibility index (Phi) is 16.6. The number of aryl methyl sites for hydroxylation is 2. The van der Waals surface area contributed by atoms with Crippen molar-refractivity contribution in [3.8, 4) is 57.3 Å². The van der Waals surface area contributed by atoms with E-state index in [0.29, 0.717) is 5.56 Å². The van der Waals surface area contributed by atoms with Crippen LogP contribution in [0.25, 0.3) is 232 Å². The van der Waals surface area contributed by atoms with Crippen molar-refractivity contribution in [2.75, 3.05) is 0 Å². The van der Waals surface area contributed by atoms with Crippen molar-refractivity contribution in [2.45, 2.75) is 33.5 Å². The molecule has 0 N–H and O–H groups in total. The molecule has 0 amide bonds. The first-order valence-corrected chi connectivity index (χ1v) is 46.9. The van der Waals surface area contributed by atoms with E-state index >= 15 is 0 Å². The first-order chi connectivity index (χ1) is 62.9. The molecule has 0 saturated heterocycles. The van der Waals surface area contributed by atoms with Gasteiger partial charge in [0, 0.05) is 48.5 Å². The average molecular weight is 1660 g/mol. The molecule has 13 nitrogen and oxygen atoms in total. The standard InChI is InChI=1S/C39H30N4Si.C38H26N4.C37H21N5/c1-44(2,3)28-20-16-25(17-21-28)27-19-22-34-31(24-27)37-29-11-5-4-10-26(29)18-23-36(37)42(34)39-41-32-13-7-6-12-30(32)38-40-33-14-8-9-15-35(33)43(38)39;1-23-19-24(2)21-27(20-23)26-16-17-33-30(22-26)36-28-10-4-3-9-25(28)15-18-35(36)41(33)38-40-31-12-6-5-11-29(31)37-39-32-13-7-8-14-34(32)42(37)38;38-22-23-13-15-24(16-14-23)26-18-19-32-29(21-26)35-27-8-2-1-7-25(27)17-20-34(35)41(32)37-40-30-10-4-3-9-28(30)36-39-31-11-5-6-12-33(31)42(36)37/h4-24H,1-3H3;3-22H,1-2H3;1-21H. The molecule has 0 radical (unpaired) electrons. The summed E-state index contributed by atoms with van der Waals surface area (Å²) >= 11 is 0. The maximum Gasteiger partial charge on any atom is 0.221 e. The van der Waals surface area contributed by atoms with Gasteiger partial charge in [-0.05, 0) is 219 Å². The van der Waals surface area contributed by atoms with Crippen LogP contribution in [0.2, 0.25) is 19.6 Å². The fourth-order valence-electron chi connectivity index (χ4n) is 20.0. The highest BCUT2D eigenvalue weighted by Crippen LogP contribution is 2.45. The van der Waals surface area contributed by atoms with Gasteiger partial charge >= 0.3 is 0 Å². The molecule has 0 aliphatic rings. The Labute approximate surface area is 734 Å². The van der Waals surface area contributed by atoms with Crippen LogP contribution in [0.3, 0.4) is 0 Å². The number of benzene rings is 18. The summed E-state index contributed by atoms with van der Waals surface area (Å²) in [4.78, 5) is 31.3. The minimum absolute atomic E-state index is 0.654. The van der Waals surface area contributed by atoms with E-state index in [1.54, 1.807) is 0 Å². The summed E-state index contributed by atoms with van der Waals surface area (Å²) < 4.78 is 13.6. The number of hydrogen-bond donors (Lipinski definition) is 0. The summed E-state index contributed by atoms with van der Waals surface area (Å²) in [6.45, 7) is 11.5. The van der Waals surface area contributed by atoms with Crippen molar-refractivity contribution in [2.24, 2.45) is 0 Å². The molecule has 128 heavy (non-hydrogen) atoms. The van der Waals surface area contributed by atoms with E-state index in [1.807, 2.05) is 54.6 Å². The van der Waals surface area contributed by atoms with Crippen LogP contribution in [0.5, 0.6) is 0 Å². The highest BCUT2D eigenvalue weighted by Gasteiger charge is 2.28. The third kappa shape index (κ3) is 11.6. The SMILES string of the molecule is C[Si](C)(C)c1ccc(-c2ccc3c(c2)c2c4ccccc4ccc2n3-c2nc3ccccc3c3nc4ccccc4n23)cc1.Cc1cc(C)cc(-c2ccc3c(c2)c2c4ccccc4ccc2n3-c2nc3ccccc3c3nc4ccccc4n23)c1.N#Cc1ccc(-c2ccc3c(c2)c2c4ccccc4ccc2n3-c2nc3ccccc3c3nc4ccccc4n23)cc1. The van der Waals surface area contributed by atoms with Crippen molar-refractivity contribution in [3.05, 3.63) is 393 Å². The predicted molar refractivity (Wildman–Crippen MR) is 533 cm³/mol. The van der Waals surface area contributed by atoms with Gasteiger partial charge in [-0.2, -0.15) is 5.26 Å². The van der Waals surface area contributed by atoms with Crippen LogP contribution in [-0.4, -0.2) is 64.9 Å². The Hall–Kier alpha value is -16.7. The lowest BCUT2D eigenvalue weighted by molar-refractivity contribution is 0.979. The summed E-state index contributed by atoms with van der Waals surface area (Å²) in [6.07, 6.45) is 0. The van der Waals surface area contributed by atoms with Gasteiger partial charge in [0.15, 0.2) is 0 Å². The highest BCUT2D eigenvalue weighted by molar-refractivity contribution is 6.88. The lowest BCUT2D eigenvalue weighted by atomic mass is 9.98. The van der Waals surface area contributed by atoms with Gasteiger partial charge in [-0.15, -0.1) is 0 Å². The minimum atomic E-state index is -1.38. The van der Waals surface area contributed by atoms with Gasteiger partial charge in [-0.3, -0.25) is 26.9 Å². The number of nitrogens with zero attached hydrogens (tertiary/aromatic N) is 13. The van der Waals surface area contributed by atoms with Crippen molar-refractivity contribution in [1.82, 2.24) is 56.8 Å². The Balaban J connectivity index is 0.000000104. The predicted octanol–water partition coefficient (Wildman–Crippen LogP) is 27.9. The van der Waals surface area contributed by atoms with Crippen LogP contribution in [0.4, 0.5) is 0 Å². The topological polar surface area (TPSA) is 129 Å². The van der Waals surface area contributed by atoms with Crippen LogP contribution in [0, 0.1) is 25.2 Å². The maximum absolute atomic E-state index is 9.30. The van der Waals surface area contributed by atoms with E-state index < -0.39 is 8.07 Å². The summed E-state index contributed by atoms with van der Waals surface area (Å²) in [5, 5.41) is 28.5. The second-order valence-corrected chi connectivity index (χ2v) is 39.8. The Morgan fingerprint density at radius 3 is 0.867 bits per heavy atom. The summed E-state index contributed by atoms with van der Waals surface area (Å²) in [5.74, 6) is 2.49. The van der Waals surface area contributed by atoms with Gasteiger partial charge in [-0.25, -0.2) is 29.9 Å². The zero-order valence-electron chi connectivity index (χ0n) is 70.6. The minimum Gasteiger partial charge on any atom is -0.279 e. The molecule has 0 atom stereocenters. The van der Waals surface area contributed by atoms with E-state index in [-0.39, 0.29) is 0 Å². The van der Waals surface area contributed by atoms with Gasteiger partial charge < -0.3 is 0 Å². The molecule has 0 unspecified atom stereocenters. The molecule has 602 valence electrons. The molecule has 0 spiro atoms. The van der Waals surface area contributed by atoms with E-state index in [9.17, 15) is 5.26 Å². The fourth-order valence-corrected chi connectivity index (χ4v) is 21.2. The van der Waals surface area contributed by atoms with Crippen LogP contribution in [0.1, 0.15) is 16.7 Å². The molecule has 9 heterocycles. The van der Waals surface area contributed by atoms with Gasteiger partial charge in [0.1, 0.15) is 16.9 Å². The third-order valence-electron chi connectivity index (χ3n) is 25.9. The molecule has 0 aliphatic carbocycles. The normalized spacial score (nSPS) is 12.1. The molecule has 0 aliphatic heterocycles. The third-order valence-corrected chi connectivity index (χ3v) is 28.0. The van der Waals surface area contributed by atoms with Crippen molar-refractivity contribution >= 4 is 194 Å². The Bertz CT molecular complexity index is 9420. The Morgan fingerprint density at radius 1 is 0.234 bits per heavy atom. The van der Waals surface area contributed by atoms with Crippen LogP contribution in [0.15, 0.2) is 376 Å². The second-order valence-electron chi connectivity index (χ2n) is 34.7. The first kappa shape index (κ1) is 73.9. The second kappa shape index (κ2) is 28.7. The maximum atomic E-state index is 9.30. The lowest BCUT2D eigenvalue weighted by Gasteiger charge is -2.17. The molecule has 9 aromatic heterocycles. The number of imidazole rings is 3. The van der Waals surface area contributed by atoms with Gasteiger partial charge in [-0.1, -0.05) is 273 Å². The summed E-state index contributed by atoms with van der Waals surface area (Å²) in [6, 6.07) is 135. The highest BCUT2D eigenvalue weighted by atomic mass is 28.3. The monoisotopic (exact) mass is 1660 g/mol. The molecular weight excluding hydrogens is 1580 g/mol. The Morgan fingerprint density at radius 2 is 0.523 bits per heavy atom. The quantitative estimate of drug-likeness (QED) is 0.145. The van der Waals surface area contributed by atoms with Crippen LogP contribution >= 0.6 is 0 Å². The van der Waals surface area contributed by atoms with Crippen molar-refractivity contribution < 1.29 is 0 Å². The molecule has 27 rings (SSSR count). The van der Waals surface area contributed by atoms with E-state index in [1.165, 1.54) is 97.8 Å². The largest absolute Gasteiger partial charge is 0.279 e. The fraction of sp³-hybridized carbons (Fsp3) is 0.0439. The molecule has 0 bridgehead atoms. The number of hydrogen-bond acceptors (Lipinski definition) is 7. The van der Waals surface area contributed by atoms with E-state index in [2.05, 4.69) is 388 Å². The number of nitriles is 1. The average Bonchev–Trinajstić information content (AvgIpc) is 1.56. The molecule has 18 aromatic carbocycles. The van der Waals surface area contributed by atoms with Gasteiger partial charge in [0.05, 0.1) is 102 Å². The van der Waals surface area contributed by atoms with Crippen molar-refractivity contribution in [3.63, 3.8) is 0 Å². The molecular formula is C114H77N13Si. The first-order valence-electron chi connectivity index (χ1n) is 43.4. The zero-order chi connectivity index (χ0) is 85.3. The lowest BCUT2D eigenvalue weighted by Crippen LogP contribution is -2.37. The number of aromatic nitrogens is 12. The molecule has 27 aromatic rings. The van der Waals surface area contributed by atoms with E-state index in [0.717, 1.165) is 150 Å². The van der Waals surface area contributed by atoms with E-state index in [4.69, 9.17) is 29.9 Å². The van der Waals surface area contributed by atoms with Crippen LogP contribution in [-0.2, 0) is 0 Å². The van der Waals surface area contributed by atoms with Crippen LogP contribution < -0.4 is 5.19 Å². The van der Waals surface area contributed by atoms with Gasteiger partial charge in [0.2, 0.25) is 17.8 Å². The number of fused-ring (bicyclic) bond motifs is 30. The molecule has 0 saturated carbocycles. The number of para-hydroxylation sites is 9. The van der Waals surface area contributed by atoms with Crippen molar-refractivity contribution in [1.29, 1.82) is 5.26 Å². The summed E-state index contributed by atoms with van der Waals surface area (Å²) in [5.41, 5.74) is 28.4. The molecule has 14 heteroatoms. The number of rotatable bonds is 7. The summed E-state index contributed by atoms with van der Waals surface area (Å²) in [7, 11) is -1.38. The smallest absolute Gasteiger partial charge is 0.221 e. The van der Waals surface area contributed by atoms with Gasteiger partial charge in [0.25, 0.3) is 0 Å².